The Morgan fingerprint density at radius 3 is 1.73 bits per heavy atom. The average Bonchev–Trinajstić information content (AvgIpc) is 2.55. The van der Waals surface area contributed by atoms with Crippen LogP contribution in [0.25, 0.3) is 0 Å². The van der Waals surface area contributed by atoms with Crippen LogP contribution in [0.3, 0.4) is 0 Å². The van der Waals surface area contributed by atoms with E-state index in [9.17, 15) is 9.59 Å². The van der Waals surface area contributed by atoms with Gasteiger partial charge < -0.3 is 9.47 Å². The van der Waals surface area contributed by atoms with Crippen LogP contribution in [0.1, 0.15) is 78.1 Å². The lowest BCUT2D eigenvalue weighted by Gasteiger charge is -2.25. The SMILES string of the molecule is CCCCCCCOC(=O)C1CCC(C(=O)OCCC)CC1. The lowest BCUT2D eigenvalue weighted by Crippen LogP contribution is -2.28. The van der Waals surface area contributed by atoms with E-state index in [1.54, 1.807) is 0 Å². The van der Waals surface area contributed by atoms with Crippen molar-refractivity contribution in [2.75, 3.05) is 13.2 Å². The summed E-state index contributed by atoms with van der Waals surface area (Å²) in [4.78, 5) is 23.8. The first kappa shape index (κ1) is 19.0. The van der Waals surface area contributed by atoms with Crippen molar-refractivity contribution in [3.63, 3.8) is 0 Å². The van der Waals surface area contributed by atoms with Crippen LogP contribution in [-0.2, 0) is 19.1 Å². The van der Waals surface area contributed by atoms with E-state index in [0.717, 1.165) is 44.9 Å². The fraction of sp³-hybridized carbons (Fsp3) is 0.889. The number of rotatable bonds is 10. The summed E-state index contributed by atoms with van der Waals surface area (Å²) in [5, 5.41) is 0. The molecule has 22 heavy (non-hydrogen) atoms. The van der Waals surface area contributed by atoms with E-state index >= 15 is 0 Å². The Labute approximate surface area is 134 Å². The summed E-state index contributed by atoms with van der Waals surface area (Å²) in [5.41, 5.74) is 0. The fourth-order valence-electron chi connectivity index (χ4n) is 2.88. The average molecular weight is 312 g/mol. The Balaban J connectivity index is 2.13. The van der Waals surface area contributed by atoms with Gasteiger partial charge in [-0.25, -0.2) is 0 Å². The van der Waals surface area contributed by atoms with Crippen molar-refractivity contribution in [3.05, 3.63) is 0 Å². The van der Waals surface area contributed by atoms with Crippen molar-refractivity contribution in [3.8, 4) is 0 Å². The first-order chi connectivity index (χ1) is 10.7. The molecule has 0 spiro atoms. The first-order valence-electron chi connectivity index (χ1n) is 9.02. The number of ether oxygens (including phenoxy) is 2. The van der Waals surface area contributed by atoms with Gasteiger partial charge in [0.15, 0.2) is 0 Å². The topological polar surface area (TPSA) is 52.6 Å². The number of hydrogen-bond acceptors (Lipinski definition) is 4. The maximum Gasteiger partial charge on any atom is 0.308 e. The van der Waals surface area contributed by atoms with Crippen molar-refractivity contribution in [2.45, 2.75) is 78.1 Å². The first-order valence-corrected chi connectivity index (χ1v) is 9.02. The van der Waals surface area contributed by atoms with Crippen LogP contribution in [0, 0.1) is 11.8 Å². The van der Waals surface area contributed by atoms with Crippen LogP contribution in [0.4, 0.5) is 0 Å². The zero-order valence-electron chi connectivity index (χ0n) is 14.3. The summed E-state index contributed by atoms with van der Waals surface area (Å²) < 4.78 is 10.6. The Hall–Kier alpha value is -1.06. The lowest BCUT2D eigenvalue weighted by atomic mass is 9.82. The highest BCUT2D eigenvalue weighted by atomic mass is 16.5. The minimum Gasteiger partial charge on any atom is -0.465 e. The van der Waals surface area contributed by atoms with E-state index < -0.39 is 0 Å². The molecule has 1 saturated carbocycles. The van der Waals surface area contributed by atoms with Gasteiger partial charge in [-0.15, -0.1) is 0 Å². The zero-order chi connectivity index (χ0) is 16.2. The van der Waals surface area contributed by atoms with E-state index in [4.69, 9.17) is 9.47 Å². The molecular formula is C18H32O4. The van der Waals surface area contributed by atoms with Gasteiger partial charge in [-0.2, -0.15) is 0 Å². The normalized spacial score (nSPS) is 21.4. The smallest absolute Gasteiger partial charge is 0.308 e. The molecule has 0 heterocycles. The number of hydrogen-bond donors (Lipinski definition) is 0. The molecular weight excluding hydrogens is 280 g/mol. The zero-order valence-corrected chi connectivity index (χ0v) is 14.3. The van der Waals surface area contributed by atoms with Crippen LogP contribution >= 0.6 is 0 Å². The lowest BCUT2D eigenvalue weighted by molar-refractivity contribution is -0.155. The van der Waals surface area contributed by atoms with E-state index in [-0.39, 0.29) is 23.8 Å². The van der Waals surface area contributed by atoms with E-state index in [1.807, 2.05) is 6.92 Å². The van der Waals surface area contributed by atoms with Crippen LogP contribution in [0.15, 0.2) is 0 Å². The largest absolute Gasteiger partial charge is 0.465 e. The second-order valence-corrected chi connectivity index (χ2v) is 6.30. The van der Waals surface area contributed by atoms with Gasteiger partial charge in [-0.1, -0.05) is 39.5 Å². The number of unbranched alkanes of at least 4 members (excludes halogenated alkanes) is 4. The third kappa shape index (κ3) is 7.28. The van der Waals surface area contributed by atoms with Crippen LogP contribution in [0.2, 0.25) is 0 Å². The summed E-state index contributed by atoms with van der Waals surface area (Å²) in [6.07, 6.45) is 9.65. The molecule has 1 aliphatic carbocycles. The molecule has 0 aromatic carbocycles. The second-order valence-electron chi connectivity index (χ2n) is 6.30. The maximum atomic E-state index is 12.0. The highest BCUT2D eigenvalue weighted by molar-refractivity contribution is 5.75. The molecule has 1 rings (SSSR count). The molecule has 0 aromatic rings. The standard InChI is InChI=1S/C18H32O4/c1-3-5-6-7-8-14-22-18(20)16-11-9-15(10-12-16)17(19)21-13-4-2/h15-16H,3-14H2,1-2H3. The van der Waals surface area contributed by atoms with Crippen molar-refractivity contribution < 1.29 is 19.1 Å². The van der Waals surface area contributed by atoms with Crippen LogP contribution in [-0.4, -0.2) is 25.2 Å². The molecule has 0 bridgehead atoms. The monoisotopic (exact) mass is 312 g/mol. The Bertz CT molecular complexity index is 319. The van der Waals surface area contributed by atoms with Crippen molar-refractivity contribution >= 4 is 11.9 Å². The van der Waals surface area contributed by atoms with Gasteiger partial charge in [0.2, 0.25) is 0 Å². The molecule has 1 aliphatic rings. The molecule has 0 saturated heterocycles. The molecule has 0 aliphatic heterocycles. The van der Waals surface area contributed by atoms with Gasteiger partial charge in [0, 0.05) is 0 Å². The van der Waals surface area contributed by atoms with Crippen LogP contribution in [0.5, 0.6) is 0 Å². The molecule has 1 fully saturated rings. The minimum atomic E-state index is -0.0930. The highest BCUT2D eigenvalue weighted by Crippen LogP contribution is 2.30. The summed E-state index contributed by atoms with van der Waals surface area (Å²) in [6.45, 7) is 5.22. The Morgan fingerprint density at radius 1 is 0.727 bits per heavy atom. The quantitative estimate of drug-likeness (QED) is 0.447. The van der Waals surface area contributed by atoms with E-state index in [1.165, 1.54) is 19.3 Å². The van der Waals surface area contributed by atoms with Gasteiger partial charge in [0.1, 0.15) is 0 Å². The van der Waals surface area contributed by atoms with Crippen molar-refractivity contribution in [1.29, 1.82) is 0 Å². The molecule has 0 radical (unpaired) electrons. The van der Waals surface area contributed by atoms with Gasteiger partial charge in [0.05, 0.1) is 25.0 Å². The second kappa shape index (κ2) is 11.5. The summed E-state index contributed by atoms with van der Waals surface area (Å²) in [5.74, 6) is -0.212. The van der Waals surface area contributed by atoms with Gasteiger partial charge in [0.25, 0.3) is 0 Å². The van der Waals surface area contributed by atoms with Gasteiger partial charge in [-0.05, 0) is 38.5 Å². The molecule has 4 nitrogen and oxygen atoms in total. The van der Waals surface area contributed by atoms with Gasteiger partial charge in [-0.3, -0.25) is 9.59 Å². The number of carbonyl (C=O) groups excluding carboxylic acids is 2. The van der Waals surface area contributed by atoms with Crippen molar-refractivity contribution in [2.24, 2.45) is 11.8 Å². The Morgan fingerprint density at radius 2 is 1.23 bits per heavy atom. The predicted molar refractivity (Wildman–Crippen MR) is 86.4 cm³/mol. The predicted octanol–water partition coefficient (Wildman–Crippen LogP) is 4.26. The molecule has 0 unspecified atom stereocenters. The van der Waals surface area contributed by atoms with Gasteiger partial charge >= 0.3 is 11.9 Å². The minimum absolute atomic E-state index is 0.0223. The molecule has 0 amide bonds. The maximum absolute atomic E-state index is 12.0. The summed E-state index contributed by atoms with van der Waals surface area (Å²) in [7, 11) is 0. The summed E-state index contributed by atoms with van der Waals surface area (Å²) >= 11 is 0. The number of carbonyl (C=O) groups is 2. The fourth-order valence-corrected chi connectivity index (χ4v) is 2.88. The molecule has 4 heteroatoms. The third-order valence-corrected chi connectivity index (χ3v) is 4.33. The van der Waals surface area contributed by atoms with Crippen molar-refractivity contribution in [1.82, 2.24) is 0 Å². The Kier molecular flexibility index (Phi) is 9.93. The molecule has 128 valence electrons. The third-order valence-electron chi connectivity index (χ3n) is 4.33. The van der Waals surface area contributed by atoms with E-state index in [0.29, 0.717) is 13.2 Å². The molecule has 0 atom stereocenters. The summed E-state index contributed by atoms with van der Waals surface area (Å²) in [6, 6.07) is 0. The molecule has 0 N–H and O–H groups in total. The highest BCUT2D eigenvalue weighted by Gasteiger charge is 2.31. The molecule has 0 aromatic heterocycles. The number of esters is 2. The van der Waals surface area contributed by atoms with E-state index in [2.05, 4.69) is 6.92 Å². The van der Waals surface area contributed by atoms with Crippen LogP contribution < -0.4 is 0 Å².